The number of aliphatic hydroxyl groups is 1. The molecule has 1 heterocycles. The summed E-state index contributed by atoms with van der Waals surface area (Å²) in [7, 11) is 3.65. The monoisotopic (exact) mass is 199 g/mol. The SMILES string of the molecule is CN(Cc1nnn(C)n1)C(C)(C)CO. The van der Waals surface area contributed by atoms with Crippen molar-refractivity contribution in [2.75, 3.05) is 13.7 Å². The second-order valence-electron chi connectivity index (χ2n) is 4.02. The molecular weight excluding hydrogens is 182 g/mol. The zero-order chi connectivity index (χ0) is 10.8. The van der Waals surface area contributed by atoms with Crippen molar-refractivity contribution in [1.82, 2.24) is 25.1 Å². The number of likely N-dealkylation sites (N-methyl/N-ethyl adjacent to an activating group) is 1. The third-order valence-corrected chi connectivity index (χ3v) is 2.35. The Balaban J connectivity index is 2.61. The molecule has 0 radical (unpaired) electrons. The van der Waals surface area contributed by atoms with Gasteiger partial charge in [-0.15, -0.1) is 10.2 Å². The Bertz CT molecular complexity index is 296. The van der Waals surface area contributed by atoms with Gasteiger partial charge in [-0.1, -0.05) is 0 Å². The molecular formula is C8H17N5O. The predicted octanol–water partition coefficient (Wildman–Crippen LogP) is -0.587. The molecule has 1 N–H and O–H groups in total. The summed E-state index contributed by atoms with van der Waals surface area (Å²) in [6.45, 7) is 4.61. The highest BCUT2D eigenvalue weighted by molar-refractivity contribution is 4.84. The summed E-state index contributed by atoms with van der Waals surface area (Å²) in [5.74, 6) is 0.663. The van der Waals surface area contributed by atoms with Crippen LogP contribution in [0.2, 0.25) is 0 Å². The summed E-state index contributed by atoms with van der Waals surface area (Å²) in [5.41, 5.74) is -0.265. The molecule has 0 aliphatic heterocycles. The first-order valence-corrected chi connectivity index (χ1v) is 4.50. The second-order valence-corrected chi connectivity index (χ2v) is 4.02. The number of aryl methyl sites for hydroxylation is 1. The van der Waals surface area contributed by atoms with E-state index >= 15 is 0 Å². The molecule has 1 aromatic heterocycles. The number of hydrogen-bond donors (Lipinski definition) is 1. The Morgan fingerprint density at radius 2 is 2.14 bits per heavy atom. The minimum atomic E-state index is -0.265. The fraction of sp³-hybridized carbons (Fsp3) is 0.875. The molecule has 0 spiro atoms. The van der Waals surface area contributed by atoms with E-state index in [4.69, 9.17) is 5.11 Å². The zero-order valence-electron chi connectivity index (χ0n) is 9.10. The van der Waals surface area contributed by atoms with Gasteiger partial charge in [-0.25, -0.2) is 0 Å². The van der Waals surface area contributed by atoms with Crippen LogP contribution in [0, 0.1) is 0 Å². The summed E-state index contributed by atoms with van der Waals surface area (Å²) >= 11 is 0. The van der Waals surface area contributed by atoms with E-state index in [-0.39, 0.29) is 12.1 Å². The molecule has 0 amide bonds. The van der Waals surface area contributed by atoms with Gasteiger partial charge in [0.1, 0.15) is 0 Å². The van der Waals surface area contributed by atoms with Crippen molar-refractivity contribution in [1.29, 1.82) is 0 Å². The van der Waals surface area contributed by atoms with Crippen LogP contribution in [-0.2, 0) is 13.6 Å². The molecule has 0 aromatic carbocycles. The van der Waals surface area contributed by atoms with Gasteiger partial charge in [-0.05, 0) is 26.1 Å². The maximum Gasteiger partial charge on any atom is 0.188 e. The van der Waals surface area contributed by atoms with E-state index in [2.05, 4.69) is 15.4 Å². The zero-order valence-corrected chi connectivity index (χ0v) is 9.10. The van der Waals surface area contributed by atoms with E-state index in [0.29, 0.717) is 12.4 Å². The van der Waals surface area contributed by atoms with Crippen LogP contribution in [0.3, 0.4) is 0 Å². The van der Waals surface area contributed by atoms with Gasteiger partial charge in [0.15, 0.2) is 5.82 Å². The first-order valence-electron chi connectivity index (χ1n) is 4.50. The molecule has 0 aliphatic carbocycles. The topological polar surface area (TPSA) is 67.1 Å². The Morgan fingerprint density at radius 1 is 1.50 bits per heavy atom. The van der Waals surface area contributed by atoms with Crippen LogP contribution in [0.5, 0.6) is 0 Å². The van der Waals surface area contributed by atoms with Crippen LogP contribution in [0.1, 0.15) is 19.7 Å². The maximum absolute atomic E-state index is 9.14. The highest BCUT2D eigenvalue weighted by atomic mass is 16.3. The standard InChI is InChI=1S/C8H17N5O/c1-8(2,6-14)12(3)5-7-9-11-13(4)10-7/h14H,5-6H2,1-4H3. The highest BCUT2D eigenvalue weighted by Gasteiger charge is 2.23. The van der Waals surface area contributed by atoms with Gasteiger partial charge in [-0.3, -0.25) is 4.90 Å². The lowest BCUT2D eigenvalue weighted by molar-refractivity contribution is 0.0713. The third-order valence-electron chi connectivity index (χ3n) is 2.35. The fourth-order valence-corrected chi connectivity index (χ4v) is 0.934. The van der Waals surface area contributed by atoms with Gasteiger partial charge < -0.3 is 5.11 Å². The largest absolute Gasteiger partial charge is 0.394 e. The molecule has 0 bridgehead atoms. The first kappa shape index (κ1) is 11.1. The Kier molecular flexibility index (Phi) is 3.17. The molecule has 0 unspecified atom stereocenters. The van der Waals surface area contributed by atoms with E-state index in [9.17, 15) is 0 Å². The molecule has 6 nitrogen and oxygen atoms in total. The number of aromatic nitrogens is 4. The fourth-order valence-electron chi connectivity index (χ4n) is 0.934. The molecule has 0 saturated heterocycles. The van der Waals surface area contributed by atoms with Gasteiger partial charge in [0.2, 0.25) is 0 Å². The molecule has 1 aromatic rings. The maximum atomic E-state index is 9.14. The van der Waals surface area contributed by atoms with Gasteiger partial charge >= 0.3 is 0 Å². The van der Waals surface area contributed by atoms with Crippen LogP contribution in [-0.4, -0.2) is 49.4 Å². The van der Waals surface area contributed by atoms with E-state index < -0.39 is 0 Å². The first-order chi connectivity index (χ1) is 6.45. The van der Waals surface area contributed by atoms with Crippen LogP contribution in [0.4, 0.5) is 0 Å². The minimum Gasteiger partial charge on any atom is -0.394 e. The molecule has 0 atom stereocenters. The summed E-state index contributed by atoms with van der Waals surface area (Å²) in [4.78, 5) is 3.42. The second kappa shape index (κ2) is 4.02. The van der Waals surface area contributed by atoms with Crippen molar-refractivity contribution in [2.45, 2.75) is 25.9 Å². The lowest BCUT2D eigenvalue weighted by Gasteiger charge is -2.32. The Morgan fingerprint density at radius 3 is 2.57 bits per heavy atom. The van der Waals surface area contributed by atoms with Gasteiger partial charge in [0, 0.05) is 5.54 Å². The van der Waals surface area contributed by atoms with Crippen LogP contribution < -0.4 is 0 Å². The van der Waals surface area contributed by atoms with E-state index in [1.54, 1.807) is 7.05 Å². The molecule has 0 aliphatic rings. The Labute approximate surface area is 83.5 Å². The van der Waals surface area contributed by atoms with Crippen molar-refractivity contribution < 1.29 is 5.11 Å². The molecule has 0 fully saturated rings. The number of rotatable bonds is 4. The number of hydrogen-bond acceptors (Lipinski definition) is 5. The van der Waals surface area contributed by atoms with Crippen molar-refractivity contribution in [3.63, 3.8) is 0 Å². The third kappa shape index (κ3) is 2.49. The summed E-state index contributed by atoms with van der Waals surface area (Å²) in [5, 5.41) is 20.8. The number of aliphatic hydroxyl groups excluding tert-OH is 1. The van der Waals surface area contributed by atoms with E-state index in [1.807, 2.05) is 25.8 Å². The molecule has 1 rings (SSSR count). The lowest BCUT2D eigenvalue weighted by Crippen LogP contribution is -2.43. The average molecular weight is 199 g/mol. The van der Waals surface area contributed by atoms with Gasteiger partial charge in [0.25, 0.3) is 0 Å². The minimum absolute atomic E-state index is 0.101. The molecule has 14 heavy (non-hydrogen) atoms. The summed E-state index contributed by atoms with van der Waals surface area (Å²) in [6.07, 6.45) is 0. The van der Waals surface area contributed by atoms with Crippen molar-refractivity contribution in [2.24, 2.45) is 7.05 Å². The van der Waals surface area contributed by atoms with E-state index in [0.717, 1.165) is 0 Å². The smallest absolute Gasteiger partial charge is 0.188 e. The van der Waals surface area contributed by atoms with Crippen LogP contribution in [0.15, 0.2) is 0 Å². The Hall–Kier alpha value is -1.01. The molecule has 80 valence electrons. The quantitative estimate of drug-likeness (QED) is 0.702. The molecule has 6 heteroatoms. The number of nitrogens with zero attached hydrogens (tertiary/aromatic N) is 5. The summed E-state index contributed by atoms with van der Waals surface area (Å²) in [6, 6.07) is 0. The van der Waals surface area contributed by atoms with Crippen molar-refractivity contribution >= 4 is 0 Å². The van der Waals surface area contributed by atoms with Gasteiger partial charge in [0.05, 0.1) is 20.2 Å². The number of tetrazole rings is 1. The van der Waals surface area contributed by atoms with Crippen molar-refractivity contribution in [3.05, 3.63) is 5.82 Å². The van der Waals surface area contributed by atoms with Crippen molar-refractivity contribution in [3.8, 4) is 0 Å². The predicted molar refractivity (Wildman–Crippen MR) is 51.4 cm³/mol. The average Bonchev–Trinajstić information content (AvgIpc) is 2.51. The lowest BCUT2D eigenvalue weighted by atomic mass is 10.1. The molecule has 0 saturated carbocycles. The van der Waals surface area contributed by atoms with Crippen LogP contribution >= 0.6 is 0 Å². The van der Waals surface area contributed by atoms with Crippen LogP contribution in [0.25, 0.3) is 0 Å². The normalized spacial score (nSPS) is 12.4. The van der Waals surface area contributed by atoms with E-state index in [1.165, 1.54) is 4.80 Å². The highest BCUT2D eigenvalue weighted by Crippen LogP contribution is 2.12. The van der Waals surface area contributed by atoms with Gasteiger partial charge in [-0.2, -0.15) is 4.80 Å². The summed E-state index contributed by atoms with van der Waals surface area (Å²) < 4.78 is 0.